The second kappa shape index (κ2) is 4.28. The number of hydrogen-bond donors (Lipinski definition) is 0. The van der Waals surface area contributed by atoms with E-state index < -0.39 is 0 Å². The van der Waals surface area contributed by atoms with Crippen LogP contribution in [0.2, 0.25) is 0 Å². The Balaban J connectivity index is 1.96. The minimum Gasteiger partial charge on any atom is -0.337 e. The summed E-state index contributed by atoms with van der Waals surface area (Å²) >= 11 is 7.31. The largest absolute Gasteiger partial charge is 0.337 e. The van der Waals surface area contributed by atoms with Crippen LogP contribution in [-0.4, -0.2) is 28.2 Å². The van der Waals surface area contributed by atoms with Crippen molar-refractivity contribution in [3.8, 4) is 0 Å². The van der Waals surface area contributed by atoms with Gasteiger partial charge >= 0.3 is 0 Å². The first-order chi connectivity index (χ1) is 6.79. The van der Waals surface area contributed by atoms with Crippen LogP contribution in [0.25, 0.3) is 0 Å². The van der Waals surface area contributed by atoms with Gasteiger partial charge in [0.2, 0.25) is 5.91 Å². The van der Waals surface area contributed by atoms with Gasteiger partial charge in [0.1, 0.15) is 0 Å². The minimum atomic E-state index is 0.212. The number of likely N-dealkylation sites (tertiary alicyclic amines) is 1. The number of aromatic nitrogens is 1. The zero-order valence-electron chi connectivity index (χ0n) is 7.65. The normalized spacial score (nSPS) is 21.9. The van der Waals surface area contributed by atoms with E-state index in [2.05, 4.69) is 4.98 Å². The van der Waals surface area contributed by atoms with Gasteiger partial charge in [0.25, 0.3) is 0 Å². The summed E-state index contributed by atoms with van der Waals surface area (Å²) in [5.74, 6) is 1.12. The number of nitrogens with zero attached hydrogens (tertiary/aromatic N) is 2. The van der Waals surface area contributed by atoms with Gasteiger partial charge in [-0.25, -0.2) is 0 Å². The Morgan fingerprint density at radius 3 is 3.14 bits per heavy atom. The Morgan fingerprint density at radius 1 is 1.71 bits per heavy atom. The Kier molecular flexibility index (Phi) is 3.03. The molecule has 0 bridgehead atoms. The molecule has 0 aliphatic carbocycles. The fourth-order valence-electron chi connectivity index (χ4n) is 1.62. The van der Waals surface area contributed by atoms with Gasteiger partial charge in [0, 0.05) is 29.9 Å². The van der Waals surface area contributed by atoms with Gasteiger partial charge in [-0.3, -0.25) is 9.78 Å². The van der Waals surface area contributed by atoms with Crippen LogP contribution in [0.1, 0.15) is 11.3 Å². The number of thiazole rings is 1. The second-order valence-corrected chi connectivity index (χ2v) is 4.75. The SMILES string of the molecule is O=C1CC(CCl)CN1Cc1cncs1. The van der Waals surface area contributed by atoms with Gasteiger partial charge in [0.15, 0.2) is 0 Å². The Labute approximate surface area is 91.7 Å². The van der Waals surface area contributed by atoms with Gasteiger partial charge in [-0.1, -0.05) is 0 Å². The van der Waals surface area contributed by atoms with Gasteiger partial charge in [-0.15, -0.1) is 22.9 Å². The summed E-state index contributed by atoms with van der Waals surface area (Å²) in [6.45, 7) is 1.48. The molecule has 0 radical (unpaired) electrons. The maximum absolute atomic E-state index is 11.5. The summed E-state index contributed by atoms with van der Waals surface area (Å²) < 4.78 is 0. The molecule has 1 fully saturated rings. The van der Waals surface area contributed by atoms with Crippen molar-refractivity contribution in [1.29, 1.82) is 0 Å². The molecule has 1 aliphatic heterocycles. The topological polar surface area (TPSA) is 33.2 Å². The standard InChI is InChI=1S/C9H11ClN2OS/c10-2-7-1-9(13)12(4-7)5-8-3-11-6-14-8/h3,6-7H,1-2,4-5H2. The lowest BCUT2D eigenvalue weighted by molar-refractivity contribution is -0.128. The highest BCUT2D eigenvalue weighted by molar-refractivity contribution is 7.09. The summed E-state index contributed by atoms with van der Waals surface area (Å²) in [6.07, 6.45) is 2.41. The van der Waals surface area contributed by atoms with E-state index in [4.69, 9.17) is 11.6 Å². The fraction of sp³-hybridized carbons (Fsp3) is 0.556. The fourth-order valence-corrected chi connectivity index (χ4v) is 2.43. The van der Waals surface area contributed by atoms with Gasteiger partial charge < -0.3 is 4.90 Å². The van der Waals surface area contributed by atoms with Crippen molar-refractivity contribution >= 4 is 28.8 Å². The van der Waals surface area contributed by atoms with Crippen molar-refractivity contribution in [2.75, 3.05) is 12.4 Å². The first-order valence-corrected chi connectivity index (χ1v) is 5.92. The lowest BCUT2D eigenvalue weighted by atomic mass is 10.1. The summed E-state index contributed by atoms with van der Waals surface area (Å²) in [6, 6.07) is 0. The molecule has 1 aromatic rings. The predicted octanol–water partition coefficient (Wildman–Crippen LogP) is 1.73. The molecule has 14 heavy (non-hydrogen) atoms. The number of hydrogen-bond acceptors (Lipinski definition) is 3. The highest BCUT2D eigenvalue weighted by Crippen LogP contribution is 2.21. The van der Waals surface area contributed by atoms with Gasteiger partial charge in [-0.2, -0.15) is 0 Å². The van der Waals surface area contributed by atoms with E-state index >= 15 is 0 Å². The van der Waals surface area contributed by atoms with E-state index in [0.717, 1.165) is 11.4 Å². The highest BCUT2D eigenvalue weighted by atomic mass is 35.5. The van der Waals surface area contributed by atoms with Gasteiger partial charge in [-0.05, 0) is 5.92 Å². The van der Waals surface area contributed by atoms with E-state index in [0.29, 0.717) is 24.8 Å². The smallest absolute Gasteiger partial charge is 0.223 e. The molecular weight excluding hydrogens is 220 g/mol. The molecule has 5 heteroatoms. The number of rotatable bonds is 3. The van der Waals surface area contributed by atoms with Crippen LogP contribution >= 0.6 is 22.9 Å². The monoisotopic (exact) mass is 230 g/mol. The Morgan fingerprint density at radius 2 is 2.57 bits per heavy atom. The third-order valence-electron chi connectivity index (χ3n) is 2.34. The Bertz CT molecular complexity index is 315. The average Bonchev–Trinajstić information content (AvgIpc) is 2.78. The van der Waals surface area contributed by atoms with Crippen LogP contribution in [0.15, 0.2) is 11.7 Å². The van der Waals surface area contributed by atoms with E-state index in [1.54, 1.807) is 16.8 Å². The van der Waals surface area contributed by atoms with Crippen LogP contribution in [0.5, 0.6) is 0 Å². The first kappa shape index (κ1) is 9.93. The number of carbonyl (C=O) groups excluding carboxylic acids is 1. The lowest BCUT2D eigenvalue weighted by Crippen LogP contribution is -2.24. The zero-order valence-corrected chi connectivity index (χ0v) is 9.22. The molecule has 2 rings (SSSR count). The van der Waals surface area contributed by atoms with Crippen molar-refractivity contribution in [3.63, 3.8) is 0 Å². The molecule has 76 valence electrons. The molecule has 0 aromatic carbocycles. The number of halogens is 1. The van der Waals surface area contributed by atoms with Crippen LogP contribution in [0.4, 0.5) is 0 Å². The van der Waals surface area contributed by atoms with Crippen molar-refractivity contribution in [3.05, 3.63) is 16.6 Å². The van der Waals surface area contributed by atoms with E-state index in [1.807, 2.05) is 11.1 Å². The molecule has 1 amide bonds. The molecule has 1 saturated heterocycles. The van der Waals surface area contributed by atoms with Crippen molar-refractivity contribution in [2.24, 2.45) is 5.92 Å². The van der Waals surface area contributed by atoms with Crippen LogP contribution in [-0.2, 0) is 11.3 Å². The second-order valence-electron chi connectivity index (χ2n) is 3.47. The summed E-state index contributed by atoms with van der Waals surface area (Å²) in [5, 5.41) is 0. The van der Waals surface area contributed by atoms with Crippen LogP contribution < -0.4 is 0 Å². The third-order valence-corrected chi connectivity index (χ3v) is 3.54. The number of carbonyl (C=O) groups is 1. The molecule has 3 nitrogen and oxygen atoms in total. The molecule has 1 aliphatic rings. The number of amides is 1. The summed E-state index contributed by atoms with van der Waals surface area (Å²) in [5.41, 5.74) is 1.79. The molecule has 0 saturated carbocycles. The molecule has 0 spiro atoms. The maximum Gasteiger partial charge on any atom is 0.223 e. The Hall–Kier alpha value is -0.610. The molecular formula is C9H11ClN2OS. The third kappa shape index (κ3) is 2.07. The number of alkyl halides is 1. The molecule has 1 atom stereocenters. The highest BCUT2D eigenvalue weighted by Gasteiger charge is 2.28. The molecule has 2 heterocycles. The van der Waals surface area contributed by atoms with Gasteiger partial charge in [0.05, 0.1) is 12.1 Å². The van der Waals surface area contributed by atoms with Crippen LogP contribution in [0.3, 0.4) is 0 Å². The van der Waals surface area contributed by atoms with E-state index in [1.165, 1.54) is 0 Å². The lowest BCUT2D eigenvalue weighted by Gasteiger charge is -2.14. The summed E-state index contributed by atoms with van der Waals surface area (Å²) in [7, 11) is 0. The predicted molar refractivity (Wildman–Crippen MR) is 56.4 cm³/mol. The van der Waals surface area contributed by atoms with Crippen molar-refractivity contribution in [2.45, 2.75) is 13.0 Å². The van der Waals surface area contributed by atoms with Crippen molar-refractivity contribution < 1.29 is 4.79 Å². The minimum absolute atomic E-state index is 0.212. The van der Waals surface area contributed by atoms with E-state index in [-0.39, 0.29) is 5.91 Å². The molecule has 1 unspecified atom stereocenters. The zero-order chi connectivity index (χ0) is 9.97. The average molecular weight is 231 g/mol. The maximum atomic E-state index is 11.5. The van der Waals surface area contributed by atoms with Crippen LogP contribution in [0, 0.1) is 5.92 Å². The molecule has 0 N–H and O–H groups in total. The first-order valence-electron chi connectivity index (χ1n) is 4.50. The molecule has 1 aromatic heterocycles. The summed E-state index contributed by atoms with van der Waals surface area (Å²) in [4.78, 5) is 18.5. The van der Waals surface area contributed by atoms with Crippen molar-refractivity contribution in [1.82, 2.24) is 9.88 Å². The van der Waals surface area contributed by atoms with E-state index in [9.17, 15) is 4.79 Å². The quantitative estimate of drug-likeness (QED) is 0.741.